The van der Waals surface area contributed by atoms with Crippen molar-refractivity contribution in [2.75, 3.05) is 7.11 Å². The average molecular weight is 226 g/mol. The second-order valence-electron chi connectivity index (χ2n) is 3.94. The molecule has 0 rings (SSSR count). The van der Waals surface area contributed by atoms with Crippen molar-refractivity contribution in [1.82, 2.24) is 5.32 Å². The van der Waals surface area contributed by atoms with Gasteiger partial charge in [-0.15, -0.1) is 0 Å². The van der Waals surface area contributed by atoms with Gasteiger partial charge in [0.15, 0.2) is 0 Å². The minimum absolute atomic E-state index is 0.191. The van der Waals surface area contributed by atoms with Crippen molar-refractivity contribution in [2.45, 2.75) is 39.2 Å². The molecule has 0 fully saturated rings. The van der Waals surface area contributed by atoms with Crippen LogP contribution in [0.25, 0.3) is 0 Å². The van der Waals surface area contributed by atoms with E-state index in [9.17, 15) is 9.59 Å². The third-order valence-electron chi connectivity index (χ3n) is 1.96. The lowest BCUT2D eigenvalue weighted by molar-refractivity contribution is -0.145. The number of methoxy groups -OCH3 is 1. The van der Waals surface area contributed by atoms with E-state index >= 15 is 0 Å². The van der Waals surface area contributed by atoms with Crippen molar-refractivity contribution in [1.29, 1.82) is 5.26 Å². The van der Waals surface area contributed by atoms with Gasteiger partial charge in [0.1, 0.15) is 6.04 Å². The monoisotopic (exact) mass is 226 g/mol. The number of nitrogens with zero attached hydrogens (tertiary/aromatic N) is 1. The fraction of sp³-hybridized carbons (Fsp3) is 0.727. The Morgan fingerprint density at radius 2 is 2.06 bits per heavy atom. The highest BCUT2D eigenvalue weighted by Crippen LogP contribution is 2.03. The van der Waals surface area contributed by atoms with Crippen molar-refractivity contribution in [2.24, 2.45) is 5.92 Å². The van der Waals surface area contributed by atoms with Crippen molar-refractivity contribution in [3.63, 3.8) is 0 Å². The van der Waals surface area contributed by atoms with Crippen LogP contribution in [0.3, 0.4) is 0 Å². The van der Waals surface area contributed by atoms with Crippen LogP contribution in [0, 0.1) is 17.2 Å². The van der Waals surface area contributed by atoms with Crippen molar-refractivity contribution in [3.8, 4) is 6.07 Å². The Labute approximate surface area is 95.8 Å². The number of rotatable bonds is 6. The molecular formula is C11H18N2O3. The molecule has 0 radical (unpaired) electrons. The van der Waals surface area contributed by atoms with E-state index in [0.717, 1.165) is 0 Å². The molecule has 0 spiro atoms. The Bertz CT molecular complexity index is 281. The molecule has 0 aliphatic rings. The molecule has 5 nitrogen and oxygen atoms in total. The molecule has 1 amide bonds. The molecule has 90 valence electrons. The van der Waals surface area contributed by atoms with E-state index in [-0.39, 0.29) is 24.7 Å². The van der Waals surface area contributed by atoms with Crippen LogP contribution in [0.15, 0.2) is 0 Å². The number of ether oxygens (including phenoxy) is 1. The van der Waals surface area contributed by atoms with Crippen LogP contribution in [-0.2, 0) is 14.3 Å². The Balaban J connectivity index is 4.26. The fourth-order valence-electron chi connectivity index (χ4n) is 1.22. The summed E-state index contributed by atoms with van der Waals surface area (Å²) >= 11 is 0. The maximum Gasteiger partial charge on any atom is 0.328 e. The first-order valence-corrected chi connectivity index (χ1v) is 5.25. The molecule has 0 aliphatic heterocycles. The first-order chi connectivity index (χ1) is 7.51. The third kappa shape index (κ3) is 6.02. The summed E-state index contributed by atoms with van der Waals surface area (Å²) in [5.41, 5.74) is 0. The third-order valence-corrected chi connectivity index (χ3v) is 1.96. The first-order valence-electron chi connectivity index (χ1n) is 5.25. The number of hydrogen-bond donors (Lipinski definition) is 1. The van der Waals surface area contributed by atoms with E-state index in [1.807, 2.05) is 19.9 Å². The van der Waals surface area contributed by atoms with E-state index in [1.165, 1.54) is 7.11 Å². The van der Waals surface area contributed by atoms with Crippen LogP contribution in [-0.4, -0.2) is 25.0 Å². The lowest BCUT2D eigenvalue weighted by Gasteiger charge is -2.15. The van der Waals surface area contributed by atoms with Crippen molar-refractivity contribution < 1.29 is 14.3 Å². The van der Waals surface area contributed by atoms with Gasteiger partial charge in [-0.2, -0.15) is 5.26 Å². The van der Waals surface area contributed by atoms with Crippen LogP contribution in [0.1, 0.15) is 33.1 Å². The molecule has 1 N–H and O–H groups in total. The van der Waals surface area contributed by atoms with Gasteiger partial charge in [-0.3, -0.25) is 4.79 Å². The van der Waals surface area contributed by atoms with Crippen molar-refractivity contribution in [3.05, 3.63) is 0 Å². The number of nitrogens with one attached hydrogen (secondary N) is 1. The maximum atomic E-state index is 11.4. The molecule has 0 saturated carbocycles. The zero-order valence-electron chi connectivity index (χ0n) is 9.95. The van der Waals surface area contributed by atoms with Crippen LogP contribution in [0.4, 0.5) is 0 Å². The fourth-order valence-corrected chi connectivity index (χ4v) is 1.22. The normalized spacial score (nSPS) is 11.7. The minimum Gasteiger partial charge on any atom is -0.467 e. The Hall–Kier alpha value is -1.57. The molecule has 0 saturated heterocycles. The molecule has 1 atom stereocenters. The Morgan fingerprint density at radius 3 is 2.50 bits per heavy atom. The minimum atomic E-state index is -0.712. The van der Waals surface area contributed by atoms with Gasteiger partial charge in [0, 0.05) is 12.8 Å². The Kier molecular flexibility index (Phi) is 6.93. The average Bonchev–Trinajstić information content (AvgIpc) is 2.21. The number of esters is 1. The summed E-state index contributed by atoms with van der Waals surface area (Å²) in [4.78, 5) is 22.7. The summed E-state index contributed by atoms with van der Waals surface area (Å²) in [6, 6.07) is 1.22. The lowest BCUT2D eigenvalue weighted by Crippen LogP contribution is -2.41. The molecule has 0 aromatic rings. The highest BCUT2D eigenvalue weighted by atomic mass is 16.5. The largest absolute Gasteiger partial charge is 0.467 e. The number of carbonyl (C=O) groups is 2. The van der Waals surface area contributed by atoms with Gasteiger partial charge < -0.3 is 10.1 Å². The van der Waals surface area contributed by atoms with Crippen LogP contribution in [0.5, 0.6) is 0 Å². The summed E-state index contributed by atoms with van der Waals surface area (Å²) in [5, 5.41) is 11.0. The number of carbonyl (C=O) groups excluding carboxylic acids is 2. The molecule has 16 heavy (non-hydrogen) atoms. The van der Waals surface area contributed by atoms with Gasteiger partial charge in [0.25, 0.3) is 0 Å². The molecule has 0 aromatic carbocycles. The zero-order chi connectivity index (χ0) is 12.6. The van der Waals surface area contributed by atoms with Gasteiger partial charge >= 0.3 is 5.97 Å². The van der Waals surface area contributed by atoms with Crippen molar-refractivity contribution >= 4 is 11.9 Å². The number of hydrogen-bond acceptors (Lipinski definition) is 4. The smallest absolute Gasteiger partial charge is 0.328 e. The quantitative estimate of drug-likeness (QED) is 0.685. The van der Waals surface area contributed by atoms with E-state index in [2.05, 4.69) is 10.1 Å². The van der Waals surface area contributed by atoms with Crippen LogP contribution in [0.2, 0.25) is 0 Å². The Morgan fingerprint density at radius 1 is 1.44 bits per heavy atom. The summed E-state index contributed by atoms with van der Waals surface area (Å²) in [6.45, 7) is 3.84. The summed E-state index contributed by atoms with van der Waals surface area (Å²) in [7, 11) is 1.26. The first kappa shape index (κ1) is 14.4. The standard InChI is InChI=1S/C11H18N2O3/c1-8(2)7-10(14)13-9(5-4-6-12)11(15)16-3/h8-9H,4-5,7H2,1-3H3,(H,13,14)/t9-/m0/s1. The molecule has 0 aromatic heterocycles. The van der Waals surface area contributed by atoms with Gasteiger partial charge in [-0.1, -0.05) is 13.8 Å². The number of amides is 1. The topological polar surface area (TPSA) is 79.2 Å². The van der Waals surface area contributed by atoms with Gasteiger partial charge in [0.05, 0.1) is 13.2 Å². The molecule has 0 heterocycles. The van der Waals surface area contributed by atoms with E-state index < -0.39 is 12.0 Å². The van der Waals surface area contributed by atoms with E-state index in [1.54, 1.807) is 0 Å². The zero-order valence-corrected chi connectivity index (χ0v) is 9.95. The molecule has 0 aliphatic carbocycles. The van der Waals surface area contributed by atoms with Gasteiger partial charge in [-0.05, 0) is 12.3 Å². The second-order valence-corrected chi connectivity index (χ2v) is 3.94. The van der Waals surface area contributed by atoms with Crippen LogP contribution >= 0.6 is 0 Å². The molecule has 5 heteroatoms. The van der Waals surface area contributed by atoms with Gasteiger partial charge in [-0.25, -0.2) is 4.79 Å². The predicted octanol–water partition coefficient (Wildman–Crippen LogP) is 0.994. The molecule has 0 unspecified atom stereocenters. The second kappa shape index (κ2) is 7.69. The van der Waals surface area contributed by atoms with Gasteiger partial charge in [0.2, 0.25) is 5.91 Å². The maximum absolute atomic E-state index is 11.4. The van der Waals surface area contributed by atoms with E-state index in [0.29, 0.717) is 6.42 Å². The summed E-state index contributed by atoms with van der Waals surface area (Å²) in [5.74, 6) is -0.468. The predicted molar refractivity (Wildman–Crippen MR) is 58.2 cm³/mol. The SMILES string of the molecule is COC(=O)[C@H](CCC#N)NC(=O)CC(C)C. The highest BCUT2D eigenvalue weighted by molar-refractivity contribution is 5.84. The van der Waals surface area contributed by atoms with Crippen LogP contribution < -0.4 is 5.32 Å². The number of nitriles is 1. The van der Waals surface area contributed by atoms with E-state index in [4.69, 9.17) is 5.26 Å². The molecular weight excluding hydrogens is 208 g/mol. The lowest BCUT2D eigenvalue weighted by atomic mass is 10.1. The summed E-state index contributed by atoms with van der Waals surface area (Å²) in [6.07, 6.45) is 0.856. The molecule has 0 bridgehead atoms. The summed E-state index contributed by atoms with van der Waals surface area (Å²) < 4.78 is 4.55. The highest BCUT2D eigenvalue weighted by Gasteiger charge is 2.21.